The number of likely N-dealkylation sites (tertiary alicyclic amines) is 1. The van der Waals surface area contributed by atoms with Crippen molar-refractivity contribution in [3.63, 3.8) is 0 Å². The molecule has 28 heavy (non-hydrogen) atoms. The van der Waals surface area contributed by atoms with Gasteiger partial charge < -0.3 is 15.2 Å². The van der Waals surface area contributed by atoms with Crippen molar-refractivity contribution < 1.29 is 13.6 Å². The number of piperidine rings is 1. The van der Waals surface area contributed by atoms with E-state index in [1.54, 1.807) is 29.2 Å². The maximum Gasteiger partial charge on any atom is 0.321 e. The van der Waals surface area contributed by atoms with Gasteiger partial charge in [0.1, 0.15) is 5.82 Å². The number of nitrogens with one attached hydrogen (secondary N) is 2. The van der Waals surface area contributed by atoms with E-state index in [9.17, 15) is 13.6 Å². The Labute approximate surface area is 165 Å². The van der Waals surface area contributed by atoms with Crippen LogP contribution >= 0.6 is 11.8 Å². The largest absolute Gasteiger partial charge is 0.342 e. The quantitative estimate of drug-likeness (QED) is 0.583. The lowest BCUT2D eigenvalue weighted by Gasteiger charge is -2.32. The molecule has 146 valence electrons. The van der Waals surface area contributed by atoms with Crippen molar-refractivity contribution in [3.05, 3.63) is 54.4 Å². The molecule has 1 saturated heterocycles. The van der Waals surface area contributed by atoms with Crippen molar-refractivity contribution in [2.45, 2.75) is 29.4 Å². The Balaban J connectivity index is 1.46. The Morgan fingerprint density at radius 3 is 2.82 bits per heavy atom. The molecule has 1 aliphatic rings. The van der Waals surface area contributed by atoms with Crippen LogP contribution in [0.25, 0.3) is 11.0 Å². The second-order valence-corrected chi connectivity index (χ2v) is 7.76. The summed E-state index contributed by atoms with van der Waals surface area (Å²) in [7, 11) is 0. The van der Waals surface area contributed by atoms with Crippen molar-refractivity contribution in [2.75, 3.05) is 18.4 Å². The summed E-state index contributed by atoms with van der Waals surface area (Å²) in [6.45, 7) is 1.17. The fourth-order valence-electron chi connectivity index (χ4n) is 3.51. The first-order valence-corrected chi connectivity index (χ1v) is 10.0. The first kappa shape index (κ1) is 18.7. The summed E-state index contributed by atoms with van der Waals surface area (Å²) in [5.74, 6) is -1.53. The number of rotatable bonds is 4. The third kappa shape index (κ3) is 4.11. The monoisotopic (exact) mass is 402 g/mol. The molecule has 2 heterocycles. The standard InChI is InChI=1S/C20H20F2N4OS/c21-19(22)28-17-10-4-3-9-16(17)25-20(27)26-11-5-6-13(12-26)18-23-14-7-1-2-8-15(14)24-18/h1-4,7-10,13,19H,5-6,11-12H2,(H,23,24)(H,25,27). The molecule has 1 aliphatic heterocycles. The van der Waals surface area contributed by atoms with Crippen molar-refractivity contribution in [1.29, 1.82) is 0 Å². The number of para-hydroxylation sites is 3. The molecule has 0 radical (unpaired) electrons. The number of amides is 2. The molecule has 1 unspecified atom stereocenters. The van der Waals surface area contributed by atoms with Gasteiger partial charge in [0.15, 0.2) is 0 Å². The smallest absolute Gasteiger partial charge is 0.321 e. The second-order valence-electron chi connectivity index (χ2n) is 6.73. The molecule has 1 aromatic heterocycles. The number of alkyl halides is 2. The van der Waals surface area contributed by atoms with Crippen molar-refractivity contribution >= 4 is 34.5 Å². The highest BCUT2D eigenvalue weighted by Gasteiger charge is 2.27. The Morgan fingerprint density at radius 2 is 2.00 bits per heavy atom. The van der Waals surface area contributed by atoms with Crippen LogP contribution in [-0.4, -0.2) is 39.7 Å². The van der Waals surface area contributed by atoms with Gasteiger partial charge in [-0.3, -0.25) is 0 Å². The van der Waals surface area contributed by atoms with Gasteiger partial charge in [0.2, 0.25) is 0 Å². The molecule has 0 spiro atoms. The van der Waals surface area contributed by atoms with Gasteiger partial charge in [-0.25, -0.2) is 9.78 Å². The van der Waals surface area contributed by atoms with Crippen LogP contribution in [0.15, 0.2) is 53.4 Å². The highest BCUT2D eigenvalue weighted by molar-refractivity contribution is 7.99. The molecule has 2 amide bonds. The van der Waals surface area contributed by atoms with E-state index in [-0.39, 0.29) is 11.9 Å². The predicted molar refractivity (Wildman–Crippen MR) is 107 cm³/mol. The number of benzene rings is 2. The highest BCUT2D eigenvalue weighted by atomic mass is 32.2. The minimum Gasteiger partial charge on any atom is -0.342 e. The van der Waals surface area contributed by atoms with Crippen LogP contribution in [0.3, 0.4) is 0 Å². The van der Waals surface area contributed by atoms with E-state index in [1.165, 1.54) is 0 Å². The molecule has 1 fully saturated rings. The van der Waals surface area contributed by atoms with E-state index in [0.717, 1.165) is 29.7 Å². The van der Waals surface area contributed by atoms with E-state index in [4.69, 9.17) is 0 Å². The molecular formula is C20H20F2N4OS. The molecular weight excluding hydrogens is 382 g/mol. The number of halogens is 2. The Hall–Kier alpha value is -2.61. The van der Waals surface area contributed by atoms with Crippen molar-refractivity contribution in [2.24, 2.45) is 0 Å². The summed E-state index contributed by atoms with van der Waals surface area (Å²) in [4.78, 5) is 22.8. The minimum atomic E-state index is -2.54. The first-order chi connectivity index (χ1) is 13.6. The molecule has 5 nitrogen and oxygen atoms in total. The normalized spacial score (nSPS) is 17.2. The van der Waals surface area contributed by atoms with Gasteiger partial charge in [-0.2, -0.15) is 8.78 Å². The van der Waals surface area contributed by atoms with Crippen LogP contribution in [0, 0.1) is 0 Å². The van der Waals surface area contributed by atoms with Gasteiger partial charge in [-0.1, -0.05) is 36.0 Å². The van der Waals surface area contributed by atoms with Gasteiger partial charge in [0, 0.05) is 23.9 Å². The van der Waals surface area contributed by atoms with Gasteiger partial charge in [0.25, 0.3) is 5.76 Å². The second kappa shape index (κ2) is 8.18. The zero-order valence-corrected chi connectivity index (χ0v) is 15.9. The van der Waals surface area contributed by atoms with Crippen LogP contribution in [0.1, 0.15) is 24.6 Å². The molecule has 0 bridgehead atoms. The predicted octanol–water partition coefficient (Wildman–Crippen LogP) is 5.29. The van der Waals surface area contributed by atoms with E-state index < -0.39 is 5.76 Å². The summed E-state index contributed by atoms with van der Waals surface area (Å²) in [6, 6.07) is 14.2. The number of thioether (sulfide) groups is 1. The van der Waals surface area contributed by atoms with E-state index in [2.05, 4.69) is 15.3 Å². The van der Waals surface area contributed by atoms with Gasteiger partial charge in [-0.15, -0.1) is 0 Å². The van der Waals surface area contributed by atoms with Crippen LogP contribution in [0.4, 0.5) is 19.3 Å². The van der Waals surface area contributed by atoms with Crippen LogP contribution in [-0.2, 0) is 0 Å². The number of aromatic amines is 1. The Morgan fingerprint density at radius 1 is 1.21 bits per heavy atom. The number of H-pyrrole nitrogens is 1. The summed E-state index contributed by atoms with van der Waals surface area (Å²) < 4.78 is 25.5. The number of hydrogen-bond acceptors (Lipinski definition) is 3. The lowest BCUT2D eigenvalue weighted by molar-refractivity contribution is 0.191. The Bertz CT molecular complexity index is 945. The average molecular weight is 402 g/mol. The SMILES string of the molecule is O=C(Nc1ccccc1SC(F)F)N1CCCC(c2nc3ccccc3[nH]2)C1. The van der Waals surface area contributed by atoms with Crippen LogP contribution in [0.5, 0.6) is 0 Å². The molecule has 2 aromatic carbocycles. The fourth-order valence-corrected chi connectivity index (χ4v) is 4.11. The van der Waals surface area contributed by atoms with E-state index in [1.807, 2.05) is 24.3 Å². The molecule has 3 aromatic rings. The van der Waals surface area contributed by atoms with Crippen LogP contribution < -0.4 is 5.32 Å². The maximum absolute atomic E-state index is 12.7. The number of aromatic nitrogens is 2. The number of carbonyl (C=O) groups is 1. The molecule has 0 aliphatic carbocycles. The first-order valence-electron chi connectivity index (χ1n) is 9.14. The van der Waals surface area contributed by atoms with Crippen molar-refractivity contribution in [3.8, 4) is 0 Å². The molecule has 8 heteroatoms. The number of imidazole rings is 1. The third-order valence-electron chi connectivity index (χ3n) is 4.85. The minimum absolute atomic E-state index is 0.123. The third-order valence-corrected chi connectivity index (χ3v) is 5.64. The summed E-state index contributed by atoms with van der Waals surface area (Å²) >= 11 is 0.432. The molecule has 1 atom stereocenters. The van der Waals surface area contributed by atoms with Gasteiger partial charge in [-0.05, 0) is 37.1 Å². The summed E-state index contributed by atoms with van der Waals surface area (Å²) in [5.41, 5.74) is 2.30. The Kier molecular flexibility index (Phi) is 5.47. The number of carbonyl (C=O) groups excluding carboxylic acids is 1. The summed E-state index contributed by atoms with van der Waals surface area (Å²) in [5, 5.41) is 2.79. The highest BCUT2D eigenvalue weighted by Crippen LogP contribution is 2.32. The maximum atomic E-state index is 12.7. The lowest BCUT2D eigenvalue weighted by atomic mass is 9.97. The zero-order valence-electron chi connectivity index (χ0n) is 15.1. The van der Waals surface area contributed by atoms with Gasteiger partial charge >= 0.3 is 6.03 Å². The number of nitrogens with zero attached hydrogens (tertiary/aromatic N) is 2. The lowest BCUT2D eigenvalue weighted by Crippen LogP contribution is -2.41. The molecule has 2 N–H and O–H groups in total. The van der Waals surface area contributed by atoms with Crippen molar-refractivity contribution in [1.82, 2.24) is 14.9 Å². The average Bonchev–Trinajstić information content (AvgIpc) is 3.13. The van der Waals surface area contributed by atoms with E-state index >= 15 is 0 Å². The number of anilines is 1. The molecule has 4 rings (SSSR count). The topological polar surface area (TPSA) is 61.0 Å². The van der Waals surface area contributed by atoms with E-state index in [0.29, 0.717) is 35.4 Å². The number of hydrogen-bond donors (Lipinski definition) is 2. The summed E-state index contributed by atoms with van der Waals surface area (Å²) in [6.07, 6.45) is 1.81. The molecule has 0 saturated carbocycles. The number of fused-ring (bicyclic) bond motifs is 1. The fraction of sp³-hybridized carbons (Fsp3) is 0.300. The van der Waals surface area contributed by atoms with Crippen LogP contribution in [0.2, 0.25) is 0 Å². The van der Waals surface area contributed by atoms with Gasteiger partial charge in [0.05, 0.1) is 16.7 Å². The zero-order chi connectivity index (χ0) is 19.5. The number of urea groups is 1.